The second-order valence-corrected chi connectivity index (χ2v) is 5.28. The Balaban J connectivity index is 0.00000264. The topological polar surface area (TPSA) is 98.7 Å². The number of ether oxygens (including phenoxy) is 1. The number of benzene rings is 1. The average Bonchev–Trinajstić information content (AvgIpc) is 2.55. The molecule has 1 aliphatic heterocycles. The standard InChI is InChI=1S/C15H21N3O4.ClH/c16-8-3-11-22-12-6-9-17(10-7-12)15(19)13-4-1-2-5-14(13)18(20)21;/h1-2,4-5,12H,3,6-11,16H2;1H. The Labute approximate surface area is 141 Å². The Morgan fingerprint density at radius 2 is 2.00 bits per heavy atom. The van der Waals surface area contributed by atoms with Gasteiger partial charge in [-0.05, 0) is 31.9 Å². The minimum absolute atomic E-state index is 0. The maximum Gasteiger partial charge on any atom is 0.282 e. The van der Waals surface area contributed by atoms with E-state index in [1.165, 1.54) is 12.1 Å². The molecule has 1 fully saturated rings. The molecule has 1 saturated heterocycles. The van der Waals surface area contributed by atoms with Gasteiger partial charge in [-0.1, -0.05) is 12.1 Å². The maximum atomic E-state index is 12.5. The van der Waals surface area contributed by atoms with Gasteiger partial charge in [-0.15, -0.1) is 12.4 Å². The first kappa shape index (κ1) is 19.3. The zero-order valence-electron chi connectivity index (χ0n) is 12.8. The number of carbonyl (C=O) groups excluding carboxylic acids is 1. The molecule has 1 aliphatic rings. The van der Waals surface area contributed by atoms with Gasteiger partial charge in [0.2, 0.25) is 0 Å². The van der Waals surface area contributed by atoms with Crippen LogP contribution in [0.25, 0.3) is 0 Å². The fourth-order valence-electron chi connectivity index (χ4n) is 2.54. The van der Waals surface area contributed by atoms with Crippen LogP contribution in [0.1, 0.15) is 29.6 Å². The summed E-state index contributed by atoms with van der Waals surface area (Å²) in [6.07, 6.45) is 2.46. The number of likely N-dealkylation sites (tertiary alicyclic amines) is 1. The number of hydrogen-bond donors (Lipinski definition) is 1. The van der Waals surface area contributed by atoms with Crippen LogP contribution in [0.3, 0.4) is 0 Å². The summed E-state index contributed by atoms with van der Waals surface area (Å²) >= 11 is 0. The predicted molar refractivity (Wildman–Crippen MR) is 88.9 cm³/mol. The molecule has 7 nitrogen and oxygen atoms in total. The molecule has 1 heterocycles. The molecular formula is C15H22ClN3O4. The van der Waals surface area contributed by atoms with E-state index in [2.05, 4.69) is 0 Å². The zero-order valence-corrected chi connectivity index (χ0v) is 13.7. The van der Waals surface area contributed by atoms with Crippen molar-refractivity contribution in [1.82, 2.24) is 4.90 Å². The molecule has 8 heteroatoms. The lowest BCUT2D eigenvalue weighted by Gasteiger charge is -2.31. The number of piperidine rings is 1. The van der Waals surface area contributed by atoms with Crippen molar-refractivity contribution in [2.45, 2.75) is 25.4 Å². The molecule has 0 saturated carbocycles. The summed E-state index contributed by atoms with van der Waals surface area (Å²) in [5, 5.41) is 11.0. The fraction of sp³-hybridized carbons (Fsp3) is 0.533. The van der Waals surface area contributed by atoms with Gasteiger partial charge in [-0.25, -0.2) is 0 Å². The summed E-state index contributed by atoms with van der Waals surface area (Å²) in [5.74, 6) is -0.285. The molecule has 0 aromatic heterocycles. The summed E-state index contributed by atoms with van der Waals surface area (Å²) in [6, 6.07) is 6.07. The highest BCUT2D eigenvalue weighted by molar-refractivity contribution is 5.98. The highest BCUT2D eigenvalue weighted by atomic mass is 35.5. The molecular weight excluding hydrogens is 322 g/mol. The third kappa shape index (κ3) is 5.16. The van der Waals surface area contributed by atoms with Gasteiger partial charge in [-0.2, -0.15) is 0 Å². The molecule has 1 aromatic rings. The van der Waals surface area contributed by atoms with Gasteiger partial charge in [0, 0.05) is 25.8 Å². The summed E-state index contributed by atoms with van der Waals surface area (Å²) in [7, 11) is 0. The first-order valence-electron chi connectivity index (χ1n) is 7.48. The van der Waals surface area contributed by atoms with Gasteiger partial charge in [0.15, 0.2) is 0 Å². The molecule has 1 aromatic carbocycles. The summed E-state index contributed by atoms with van der Waals surface area (Å²) in [6.45, 7) is 2.35. The molecule has 0 bridgehead atoms. The normalized spacial score (nSPS) is 15.1. The minimum Gasteiger partial charge on any atom is -0.378 e. The number of nitro benzene ring substituents is 1. The molecule has 0 aliphatic carbocycles. The number of nitro groups is 1. The number of nitrogens with two attached hydrogens (primary N) is 1. The first-order chi connectivity index (χ1) is 10.6. The number of carbonyl (C=O) groups is 1. The molecule has 0 atom stereocenters. The van der Waals surface area contributed by atoms with Crippen molar-refractivity contribution >= 4 is 24.0 Å². The highest BCUT2D eigenvalue weighted by Crippen LogP contribution is 2.22. The SMILES string of the molecule is Cl.NCCCOC1CCN(C(=O)c2ccccc2[N+](=O)[O-])CC1. The van der Waals surface area contributed by atoms with E-state index in [-0.39, 0.29) is 35.7 Å². The lowest BCUT2D eigenvalue weighted by Crippen LogP contribution is -2.41. The molecule has 0 radical (unpaired) electrons. The van der Waals surface area contributed by atoms with E-state index in [0.717, 1.165) is 19.3 Å². The van der Waals surface area contributed by atoms with Crippen LogP contribution in [0.4, 0.5) is 5.69 Å². The second-order valence-electron chi connectivity index (χ2n) is 5.28. The number of rotatable bonds is 6. The van der Waals surface area contributed by atoms with Crippen LogP contribution in [0, 0.1) is 10.1 Å². The van der Waals surface area contributed by atoms with Crippen molar-refractivity contribution in [1.29, 1.82) is 0 Å². The number of halogens is 1. The Bertz CT molecular complexity index is 533. The number of para-hydroxylation sites is 1. The van der Waals surface area contributed by atoms with Crippen molar-refractivity contribution < 1.29 is 14.5 Å². The fourth-order valence-corrected chi connectivity index (χ4v) is 2.54. The Kier molecular flexibility index (Phi) is 7.94. The maximum absolute atomic E-state index is 12.5. The molecule has 0 spiro atoms. The number of nitrogens with zero attached hydrogens (tertiary/aromatic N) is 2. The van der Waals surface area contributed by atoms with Gasteiger partial charge in [0.05, 0.1) is 11.0 Å². The minimum atomic E-state index is -0.518. The smallest absolute Gasteiger partial charge is 0.282 e. The van der Waals surface area contributed by atoms with Crippen LogP contribution in [0.5, 0.6) is 0 Å². The van der Waals surface area contributed by atoms with E-state index >= 15 is 0 Å². The van der Waals surface area contributed by atoms with E-state index in [1.54, 1.807) is 17.0 Å². The third-order valence-electron chi connectivity index (χ3n) is 3.76. The van der Waals surface area contributed by atoms with Crippen molar-refractivity contribution in [2.24, 2.45) is 5.73 Å². The van der Waals surface area contributed by atoms with Crippen LogP contribution in [-0.2, 0) is 4.74 Å². The van der Waals surface area contributed by atoms with E-state index in [0.29, 0.717) is 26.2 Å². The third-order valence-corrected chi connectivity index (χ3v) is 3.76. The van der Waals surface area contributed by atoms with Crippen LogP contribution in [0.15, 0.2) is 24.3 Å². The largest absolute Gasteiger partial charge is 0.378 e. The highest BCUT2D eigenvalue weighted by Gasteiger charge is 2.28. The van der Waals surface area contributed by atoms with Crippen LogP contribution < -0.4 is 5.73 Å². The van der Waals surface area contributed by atoms with E-state index in [1.807, 2.05) is 0 Å². The lowest BCUT2D eigenvalue weighted by atomic mass is 10.1. The molecule has 0 unspecified atom stereocenters. The predicted octanol–water partition coefficient (Wildman–Crippen LogP) is 1.99. The summed E-state index contributed by atoms with van der Waals surface area (Å²) in [5.41, 5.74) is 5.42. The lowest BCUT2D eigenvalue weighted by molar-refractivity contribution is -0.385. The van der Waals surface area contributed by atoms with Crippen molar-refractivity contribution in [3.05, 3.63) is 39.9 Å². The van der Waals surface area contributed by atoms with Gasteiger partial charge < -0.3 is 15.4 Å². The number of amides is 1. The number of hydrogen-bond acceptors (Lipinski definition) is 5. The van der Waals surface area contributed by atoms with Crippen molar-refractivity contribution in [2.75, 3.05) is 26.2 Å². The van der Waals surface area contributed by atoms with Gasteiger partial charge in [0.25, 0.3) is 11.6 Å². The van der Waals surface area contributed by atoms with Gasteiger partial charge >= 0.3 is 0 Å². The summed E-state index contributed by atoms with van der Waals surface area (Å²) < 4.78 is 5.69. The van der Waals surface area contributed by atoms with Gasteiger partial charge in [0.1, 0.15) is 5.56 Å². The van der Waals surface area contributed by atoms with Crippen LogP contribution >= 0.6 is 12.4 Å². The van der Waals surface area contributed by atoms with Crippen molar-refractivity contribution in [3.63, 3.8) is 0 Å². The van der Waals surface area contributed by atoms with Crippen molar-refractivity contribution in [3.8, 4) is 0 Å². The first-order valence-corrected chi connectivity index (χ1v) is 7.48. The van der Waals surface area contributed by atoms with E-state index in [9.17, 15) is 14.9 Å². The quantitative estimate of drug-likeness (QED) is 0.483. The molecule has 1 amide bonds. The second kappa shape index (κ2) is 9.44. The molecule has 23 heavy (non-hydrogen) atoms. The van der Waals surface area contributed by atoms with E-state index < -0.39 is 4.92 Å². The molecule has 2 N–H and O–H groups in total. The Hall–Kier alpha value is -1.70. The summed E-state index contributed by atoms with van der Waals surface area (Å²) in [4.78, 5) is 24.6. The van der Waals surface area contributed by atoms with Gasteiger partial charge in [-0.3, -0.25) is 14.9 Å². The average molecular weight is 344 g/mol. The van der Waals surface area contributed by atoms with Crippen LogP contribution in [0.2, 0.25) is 0 Å². The monoisotopic (exact) mass is 343 g/mol. The zero-order chi connectivity index (χ0) is 15.9. The Morgan fingerprint density at radius 1 is 1.35 bits per heavy atom. The van der Waals surface area contributed by atoms with Crippen LogP contribution in [-0.4, -0.2) is 48.1 Å². The molecule has 2 rings (SSSR count). The van der Waals surface area contributed by atoms with E-state index in [4.69, 9.17) is 10.5 Å². The Morgan fingerprint density at radius 3 is 2.61 bits per heavy atom. The molecule has 128 valence electrons.